The highest BCUT2D eigenvalue weighted by Gasteiger charge is 2.43. The molecule has 4 atom stereocenters. The topological polar surface area (TPSA) is 23.6 Å². The summed E-state index contributed by atoms with van der Waals surface area (Å²) in [5.41, 5.74) is 1.30. The molecule has 0 saturated heterocycles. The molecule has 0 bridgehead atoms. The third-order valence-electron chi connectivity index (χ3n) is 5.85. The summed E-state index contributed by atoms with van der Waals surface area (Å²) in [6.07, 6.45) is 6.62. The first-order valence-corrected chi connectivity index (χ1v) is 9.42. The molecule has 1 aromatic heterocycles. The van der Waals surface area contributed by atoms with Crippen molar-refractivity contribution in [3.05, 3.63) is 22.4 Å². The van der Waals surface area contributed by atoms with Crippen LogP contribution in [0.4, 0.5) is 0 Å². The molecule has 22 heavy (non-hydrogen) atoms. The number of carbonyl (C=O) groups is 1. The van der Waals surface area contributed by atoms with Gasteiger partial charge in [0, 0.05) is 25.6 Å². The molecule has 0 spiro atoms. The zero-order valence-corrected chi connectivity index (χ0v) is 14.8. The van der Waals surface area contributed by atoms with Crippen LogP contribution in [0, 0.1) is 11.8 Å². The Labute approximate surface area is 138 Å². The fraction of sp³-hybridized carbons (Fsp3) is 0.722. The largest absolute Gasteiger partial charge is 0.343 e. The van der Waals surface area contributed by atoms with Crippen LogP contribution in [-0.2, 0) is 11.2 Å². The summed E-state index contributed by atoms with van der Waals surface area (Å²) in [5, 5.41) is 4.23. The van der Waals surface area contributed by atoms with Gasteiger partial charge in [-0.3, -0.25) is 4.79 Å². The summed E-state index contributed by atoms with van der Waals surface area (Å²) in [6.45, 7) is 0. The van der Waals surface area contributed by atoms with Gasteiger partial charge in [0.05, 0.1) is 0 Å². The SMILES string of the molecule is CN(C)C1C[C@@H]2CC(N(C)C(=O)CCc3ccsc3)C[C@@H]2C1. The van der Waals surface area contributed by atoms with Gasteiger partial charge in [-0.1, -0.05) is 0 Å². The van der Waals surface area contributed by atoms with Gasteiger partial charge in [-0.2, -0.15) is 11.3 Å². The first-order valence-electron chi connectivity index (χ1n) is 8.47. The number of hydrogen-bond donors (Lipinski definition) is 0. The number of thiophene rings is 1. The molecule has 0 radical (unpaired) electrons. The minimum atomic E-state index is 0.320. The van der Waals surface area contributed by atoms with Gasteiger partial charge in [0.1, 0.15) is 0 Å². The Bertz CT molecular complexity index is 485. The molecule has 4 heteroatoms. The van der Waals surface area contributed by atoms with E-state index in [-0.39, 0.29) is 0 Å². The third-order valence-corrected chi connectivity index (χ3v) is 6.58. The van der Waals surface area contributed by atoms with E-state index < -0.39 is 0 Å². The van der Waals surface area contributed by atoms with Crippen LogP contribution in [0.15, 0.2) is 16.8 Å². The van der Waals surface area contributed by atoms with E-state index >= 15 is 0 Å². The van der Waals surface area contributed by atoms with Gasteiger partial charge >= 0.3 is 0 Å². The maximum absolute atomic E-state index is 12.4. The molecule has 2 aliphatic rings. The smallest absolute Gasteiger partial charge is 0.222 e. The Morgan fingerprint density at radius 1 is 1.14 bits per heavy atom. The van der Waals surface area contributed by atoms with Crippen molar-refractivity contribution < 1.29 is 4.79 Å². The van der Waals surface area contributed by atoms with Crippen LogP contribution in [0.25, 0.3) is 0 Å². The Morgan fingerprint density at radius 2 is 1.77 bits per heavy atom. The number of hydrogen-bond acceptors (Lipinski definition) is 3. The van der Waals surface area contributed by atoms with E-state index in [0.29, 0.717) is 18.4 Å². The van der Waals surface area contributed by atoms with E-state index in [1.54, 1.807) is 11.3 Å². The molecule has 3 nitrogen and oxygen atoms in total. The maximum Gasteiger partial charge on any atom is 0.222 e. The monoisotopic (exact) mass is 320 g/mol. The Kier molecular flexibility index (Phi) is 4.88. The fourth-order valence-electron chi connectivity index (χ4n) is 4.36. The quantitative estimate of drug-likeness (QED) is 0.831. The summed E-state index contributed by atoms with van der Waals surface area (Å²) in [6, 6.07) is 3.36. The van der Waals surface area contributed by atoms with Gasteiger partial charge < -0.3 is 9.80 Å². The Balaban J connectivity index is 1.48. The van der Waals surface area contributed by atoms with Crippen LogP contribution >= 0.6 is 11.3 Å². The Morgan fingerprint density at radius 3 is 2.32 bits per heavy atom. The number of rotatable bonds is 5. The Hall–Kier alpha value is -0.870. The van der Waals surface area contributed by atoms with Crippen LogP contribution in [-0.4, -0.2) is 48.9 Å². The number of fused-ring (bicyclic) bond motifs is 1. The molecule has 0 aromatic carbocycles. The zero-order chi connectivity index (χ0) is 15.7. The summed E-state index contributed by atoms with van der Waals surface area (Å²) < 4.78 is 0. The molecule has 0 N–H and O–H groups in total. The van der Waals surface area contributed by atoms with Crippen LogP contribution in [0.3, 0.4) is 0 Å². The molecule has 0 aliphatic heterocycles. The second-order valence-corrected chi connectivity index (χ2v) is 8.15. The van der Waals surface area contributed by atoms with E-state index in [1.807, 2.05) is 7.05 Å². The average Bonchev–Trinajstić information content (AvgIpc) is 3.18. The van der Waals surface area contributed by atoms with Gasteiger partial charge in [-0.15, -0.1) is 0 Å². The molecule has 1 amide bonds. The first-order chi connectivity index (χ1) is 10.5. The average molecular weight is 321 g/mol. The van der Waals surface area contributed by atoms with Gasteiger partial charge in [-0.25, -0.2) is 0 Å². The maximum atomic E-state index is 12.4. The van der Waals surface area contributed by atoms with Crippen molar-refractivity contribution in [3.8, 4) is 0 Å². The third kappa shape index (κ3) is 3.38. The second kappa shape index (κ2) is 6.71. The van der Waals surface area contributed by atoms with Crippen molar-refractivity contribution in [1.82, 2.24) is 9.80 Å². The van der Waals surface area contributed by atoms with Crippen LogP contribution < -0.4 is 0 Å². The van der Waals surface area contributed by atoms with E-state index in [0.717, 1.165) is 24.3 Å². The molecule has 2 aliphatic carbocycles. The predicted octanol–water partition coefficient (Wildman–Crippen LogP) is 3.26. The molecule has 3 rings (SSSR count). The lowest BCUT2D eigenvalue weighted by molar-refractivity contribution is -0.131. The molecule has 2 unspecified atom stereocenters. The summed E-state index contributed by atoms with van der Waals surface area (Å²) in [4.78, 5) is 16.9. The number of nitrogens with zero attached hydrogens (tertiary/aromatic N) is 2. The van der Waals surface area contributed by atoms with Gasteiger partial charge in [0.25, 0.3) is 0 Å². The van der Waals surface area contributed by atoms with Crippen molar-refractivity contribution in [1.29, 1.82) is 0 Å². The molecule has 1 aromatic rings. The molecule has 1 heterocycles. The number of aryl methyl sites for hydroxylation is 1. The number of carbonyl (C=O) groups excluding carboxylic acids is 1. The molecule has 2 saturated carbocycles. The molecule has 122 valence electrons. The summed E-state index contributed by atoms with van der Waals surface area (Å²) >= 11 is 1.71. The zero-order valence-electron chi connectivity index (χ0n) is 14.0. The first kappa shape index (κ1) is 16.0. The van der Waals surface area contributed by atoms with E-state index in [1.165, 1.54) is 31.2 Å². The molecular weight excluding hydrogens is 292 g/mol. The van der Waals surface area contributed by atoms with Crippen molar-refractivity contribution in [2.24, 2.45) is 11.8 Å². The van der Waals surface area contributed by atoms with Gasteiger partial charge in [-0.05, 0) is 80.4 Å². The summed E-state index contributed by atoms with van der Waals surface area (Å²) in [5.74, 6) is 1.99. The van der Waals surface area contributed by atoms with Gasteiger partial charge in [0.15, 0.2) is 0 Å². The minimum absolute atomic E-state index is 0.320. The summed E-state index contributed by atoms with van der Waals surface area (Å²) in [7, 11) is 6.41. The second-order valence-electron chi connectivity index (χ2n) is 7.37. The van der Waals surface area contributed by atoms with Crippen molar-refractivity contribution >= 4 is 17.2 Å². The van der Waals surface area contributed by atoms with Crippen LogP contribution in [0.2, 0.25) is 0 Å². The lowest BCUT2D eigenvalue weighted by Gasteiger charge is -2.27. The van der Waals surface area contributed by atoms with Crippen molar-refractivity contribution in [2.75, 3.05) is 21.1 Å². The van der Waals surface area contributed by atoms with E-state index in [4.69, 9.17) is 0 Å². The molecular formula is C18H28N2OS. The highest BCUT2D eigenvalue weighted by Crippen LogP contribution is 2.46. The highest BCUT2D eigenvalue weighted by atomic mass is 32.1. The lowest BCUT2D eigenvalue weighted by atomic mass is 10.0. The standard InChI is InChI=1S/C18H28N2OS/c1-19(2)16-8-14-10-17(11-15(14)9-16)20(3)18(21)5-4-13-6-7-22-12-13/h6-7,12,14-17H,4-5,8-11H2,1-3H3/t14-,15+,16?,17?. The number of amides is 1. The normalized spacial score (nSPS) is 30.7. The van der Waals surface area contributed by atoms with E-state index in [2.05, 4.69) is 40.7 Å². The minimum Gasteiger partial charge on any atom is -0.343 e. The fourth-order valence-corrected chi connectivity index (χ4v) is 5.06. The predicted molar refractivity (Wildman–Crippen MR) is 92.1 cm³/mol. The van der Waals surface area contributed by atoms with E-state index in [9.17, 15) is 4.79 Å². The van der Waals surface area contributed by atoms with Gasteiger partial charge in [0.2, 0.25) is 5.91 Å². The van der Waals surface area contributed by atoms with Crippen molar-refractivity contribution in [2.45, 2.75) is 50.6 Å². The lowest BCUT2D eigenvalue weighted by Crippen LogP contribution is -2.36. The molecule has 2 fully saturated rings. The van der Waals surface area contributed by atoms with Crippen LogP contribution in [0.1, 0.15) is 37.7 Å². The van der Waals surface area contributed by atoms with Crippen molar-refractivity contribution in [3.63, 3.8) is 0 Å². The van der Waals surface area contributed by atoms with Crippen LogP contribution in [0.5, 0.6) is 0 Å². The highest BCUT2D eigenvalue weighted by molar-refractivity contribution is 7.07.